The summed E-state index contributed by atoms with van der Waals surface area (Å²) in [5, 5.41) is 21.0. The number of nitrogens with zero attached hydrogens (tertiary/aromatic N) is 2. The van der Waals surface area contributed by atoms with Crippen LogP contribution in [0.3, 0.4) is 0 Å². The standard InChI is InChI=1S/C13H15N3O3S/c1-7-4-8(2)15-12(10(7)5-14)20-6-11(13(18)19)16-9(3)17/h4,11H,6H2,1-3H3,(H,16,17)(H,18,19)/t11-/m0/s1. The molecule has 2 N–H and O–H groups in total. The number of carbonyl (C=O) groups excluding carboxylic acids is 1. The van der Waals surface area contributed by atoms with E-state index < -0.39 is 17.9 Å². The van der Waals surface area contributed by atoms with Crippen LogP contribution in [0.15, 0.2) is 11.1 Å². The van der Waals surface area contributed by atoms with E-state index >= 15 is 0 Å². The second-order valence-corrected chi connectivity index (χ2v) is 5.28. The molecule has 6 nitrogen and oxygen atoms in total. The molecule has 0 saturated carbocycles. The van der Waals surface area contributed by atoms with E-state index in [-0.39, 0.29) is 5.75 Å². The highest BCUT2D eigenvalue weighted by Crippen LogP contribution is 2.24. The average molecular weight is 293 g/mol. The lowest BCUT2D eigenvalue weighted by atomic mass is 10.1. The van der Waals surface area contributed by atoms with Gasteiger partial charge < -0.3 is 10.4 Å². The highest BCUT2D eigenvalue weighted by molar-refractivity contribution is 7.99. The minimum Gasteiger partial charge on any atom is -0.480 e. The summed E-state index contributed by atoms with van der Waals surface area (Å²) in [7, 11) is 0. The van der Waals surface area contributed by atoms with Crippen LogP contribution in [0.1, 0.15) is 23.7 Å². The highest BCUT2D eigenvalue weighted by Gasteiger charge is 2.20. The maximum absolute atomic E-state index is 11.0. The quantitative estimate of drug-likeness (QED) is 0.792. The van der Waals surface area contributed by atoms with Gasteiger partial charge in [0.05, 0.1) is 5.56 Å². The lowest BCUT2D eigenvalue weighted by Gasteiger charge is -2.13. The number of pyridine rings is 1. The van der Waals surface area contributed by atoms with Crippen molar-refractivity contribution in [3.63, 3.8) is 0 Å². The molecule has 0 bridgehead atoms. The molecule has 0 fully saturated rings. The number of aryl methyl sites for hydroxylation is 2. The third-order valence-electron chi connectivity index (χ3n) is 2.49. The maximum atomic E-state index is 11.0. The van der Waals surface area contributed by atoms with Crippen LogP contribution in [-0.2, 0) is 9.59 Å². The van der Waals surface area contributed by atoms with Gasteiger partial charge in [0.25, 0.3) is 0 Å². The van der Waals surface area contributed by atoms with Crippen LogP contribution >= 0.6 is 11.8 Å². The number of carbonyl (C=O) groups is 2. The summed E-state index contributed by atoms with van der Waals surface area (Å²) in [5.41, 5.74) is 2.00. The Balaban J connectivity index is 2.91. The first kappa shape index (κ1) is 16.0. The molecule has 0 radical (unpaired) electrons. The van der Waals surface area contributed by atoms with Crippen LogP contribution in [0.5, 0.6) is 0 Å². The molecule has 1 rings (SSSR count). The van der Waals surface area contributed by atoms with Crippen molar-refractivity contribution in [1.29, 1.82) is 5.26 Å². The number of carboxylic acid groups (broad SMARTS) is 1. The van der Waals surface area contributed by atoms with Gasteiger partial charge in [0, 0.05) is 18.4 Å². The van der Waals surface area contributed by atoms with Crippen LogP contribution < -0.4 is 5.32 Å². The van der Waals surface area contributed by atoms with E-state index in [1.807, 2.05) is 0 Å². The first-order valence-corrected chi connectivity index (χ1v) is 6.84. The topological polar surface area (TPSA) is 103 Å². The van der Waals surface area contributed by atoms with Gasteiger partial charge in [0.1, 0.15) is 17.1 Å². The molecule has 7 heteroatoms. The van der Waals surface area contributed by atoms with Crippen molar-refractivity contribution in [3.05, 3.63) is 22.9 Å². The first-order valence-electron chi connectivity index (χ1n) is 5.86. The number of carboxylic acids is 1. The Morgan fingerprint density at radius 2 is 2.20 bits per heavy atom. The van der Waals surface area contributed by atoms with Gasteiger partial charge in [-0.1, -0.05) is 0 Å². The third-order valence-corrected chi connectivity index (χ3v) is 3.55. The monoisotopic (exact) mass is 293 g/mol. The van der Waals surface area contributed by atoms with E-state index in [9.17, 15) is 9.59 Å². The molecule has 0 aromatic carbocycles. The predicted molar refractivity (Wildman–Crippen MR) is 74.4 cm³/mol. The number of rotatable bonds is 5. The van der Waals surface area contributed by atoms with Crippen LogP contribution in [0.25, 0.3) is 0 Å². The van der Waals surface area contributed by atoms with Gasteiger partial charge in [-0.15, -0.1) is 11.8 Å². The van der Waals surface area contributed by atoms with Crippen LogP contribution in [0, 0.1) is 25.2 Å². The molecule has 0 aliphatic heterocycles. The summed E-state index contributed by atoms with van der Waals surface area (Å²) in [6, 6.07) is 2.86. The van der Waals surface area contributed by atoms with Gasteiger partial charge >= 0.3 is 5.97 Å². The summed E-state index contributed by atoms with van der Waals surface area (Å²) in [6.45, 7) is 4.87. The molecule has 20 heavy (non-hydrogen) atoms. The third kappa shape index (κ3) is 4.24. The second kappa shape index (κ2) is 6.91. The molecule has 0 saturated heterocycles. The fourth-order valence-corrected chi connectivity index (χ4v) is 2.74. The molecule has 1 heterocycles. The number of hydrogen-bond acceptors (Lipinski definition) is 5. The molecule has 1 atom stereocenters. The molecular weight excluding hydrogens is 278 g/mol. The van der Waals surface area contributed by atoms with Crippen molar-refractivity contribution in [1.82, 2.24) is 10.3 Å². The Morgan fingerprint density at radius 3 is 2.70 bits per heavy atom. The lowest BCUT2D eigenvalue weighted by Crippen LogP contribution is -2.41. The van der Waals surface area contributed by atoms with E-state index in [1.54, 1.807) is 19.9 Å². The van der Waals surface area contributed by atoms with Gasteiger partial charge in [-0.05, 0) is 25.5 Å². The fraction of sp³-hybridized carbons (Fsp3) is 0.385. The highest BCUT2D eigenvalue weighted by atomic mass is 32.2. The van der Waals surface area contributed by atoms with E-state index in [0.717, 1.165) is 23.0 Å². The normalized spacial score (nSPS) is 11.5. The number of amides is 1. The maximum Gasteiger partial charge on any atom is 0.327 e. The molecule has 1 aromatic heterocycles. The van der Waals surface area contributed by atoms with Crippen molar-refractivity contribution >= 4 is 23.6 Å². The van der Waals surface area contributed by atoms with Gasteiger partial charge in [-0.25, -0.2) is 9.78 Å². The Bertz CT molecular complexity index is 581. The Morgan fingerprint density at radius 1 is 1.55 bits per heavy atom. The zero-order valence-corrected chi connectivity index (χ0v) is 12.2. The minimum atomic E-state index is -1.12. The van der Waals surface area contributed by atoms with Gasteiger partial charge in [-0.2, -0.15) is 5.26 Å². The smallest absolute Gasteiger partial charge is 0.327 e. The zero-order valence-electron chi connectivity index (χ0n) is 11.4. The molecule has 0 aliphatic carbocycles. The predicted octanol–water partition coefficient (Wildman–Crippen LogP) is 1.25. The van der Waals surface area contributed by atoms with Crippen molar-refractivity contribution in [2.75, 3.05) is 5.75 Å². The Kier molecular flexibility index (Phi) is 5.53. The number of hydrogen-bond donors (Lipinski definition) is 2. The van der Waals surface area contributed by atoms with Crippen molar-refractivity contribution in [3.8, 4) is 6.07 Å². The number of aliphatic carboxylic acids is 1. The summed E-state index contributed by atoms with van der Waals surface area (Å²) in [4.78, 5) is 26.2. The van der Waals surface area contributed by atoms with Gasteiger partial charge in [0.2, 0.25) is 5.91 Å². The van der Waals surface area contributed by atoms with Crippen molar-refractivity contribution < 1.29 is 14.7 Å². The molecule has 106 valence electrons. The second-order valence-electron chi connectivity index (χ2n) is 4.27. The number of aromatic nitrogens is 1. The summed E-state index contributed by atoms with van der Waals surface area (Å²) >= 11 is 1.15. The van der Waals surface area contributed by atoms with Crippen molar-refractivity contribution in [2.24, 2.45) is 0 Å². The summed E-state index contributed by atoms with van der Waals surface area (Å²) in [5.74, 6) is -1.41. The fourth-order valence-electron chi connectivity index (χ4n) is 1.63. The molecule has 1 amide bonds. The Hall–Kier alpha value is -2.07. The summed E-state index contributed by atoms with van der Waals surface area (Å²) in [6.07, 6.45) is 0. The number of thioether (sulfide) groups is 1. The minimum absolute atomic E-state index is 0.111. The van der Waals surface area contributed by atoms with Crippen LogP contribution in [-0.4, -0.2) is 33.8 Å². The number of nitriles is 1. The molecule has 0 unspecified atom stereocenters. The average Bonchev–Trinajstić information content (AvgIpc) is 2.33. The molecular formula is C13H15N3O3S. The summed E-state index contributed by atoms with van der Waals surface area (Å²) < 4.78 is 0. The largest absolute Gasteiger partial charge is 0.480 e. The van der Waals surface area contributed by atoms with E-state index in [1.165, 1.54) is 6.92 Å². The van der Waals surface area contributed by atoms with Crippen molar-refractivity contribution in [2.45, 2.75) is 31.8 Å². The van der Waals surface area contributed by atoms with E-state index in [4.69, 9.17) is 10.4 Å². The number of nitrogens with one attached hydrogen (secondary N) is 1. The first-order chi connectivity index (χ1) is 9.35. The zero-order chi connectivity index (χ0) is 15.3. The van der Waals surface area contributed by atoms with Crippen LogP contribution in [0.2, 0.25) is 0 Å². The van der Waals surface area contributed by atoms with Gasteiger partial charge in [-0.3, -0.25) is 4.79 Å². The molecule has 1 aromatic rings. The van der Waals surface area contributed by atoms with Crippen LogP contribution in [0.4, 0.5) is 0 Å². The Labute approximate surface area is 121 Å². The van der Waals surface area contributed by atoms with Gasteiger partial charge in [0.15, 0.2) is 0 Å². The SMILES string of the molecule is CC(=O)N[C@@H](CSc1nc(C)cc(C)c1C#N)C(=O)O. The molecule has 0 aliphatic rings. The molecule has 0 spiro atoms. The van der Waals surface area contributed by atoms with E-state index in [2.05, 4.69) is 16.4 Å². The lowest BCUT2D eigenvalue weighted by molar-refractivity contribution is -0.140. The van der Waals surface area contributed by atoms with E-state index in [0.29, 0.717) is 10.6 Å².